The van der Waals surface area contributed by atoms with E-state index in [1.54, 1.807) is 0 Å². The maximum absolute atomic E-state index is 12.1. The summed E-state index contributed by atoms with van der Waals surface area (Å²) in [5, 5.41) is 20.3. The van der Waals surface area contributed by atoms with Gasteiger partial charge in [0.2, 0.25) is 0 Å². The van der Waals surface area contributed by atoms with Gasteiger partial charge in [-0.05, 0) is 91.3 Å². The maximum Gasteiger partial charge on any atom is 0.303 e. The van der Waals surface area contributed by atoms with Crippen molar-refractivity contribution < 1.29 is 19.8 Å². The van der Waals surface area contributed by atoms with Crippen LogP contribution in [0.2, 0.25) is 0 Å². The van der Waals surface area contributed by atoms with Crippen molar-refractivity contribution in [1.82, 2.24) is 0 Å². The molecule has 4 fully saturated rings. The highest BCUT2D eigenvalue weighted by Gasteiger charge is 2.62. The van der Waals surface area contributed by atoms with Crippen LogP contribution in [0.15, 0.2) is 0 Å². The van der Waals surface area contributed by atoms with Crippen molar-refractivity contribution in [3.63, 3.8) is 0 Å². The molecular formula is C24H38O4. The quantitative estimate of drug-likeness (QED) is 0.730. The largest absolute Gasteiger partial charge is 0.481 e. The van der Waals surface area contributed by atoms with Gasteiger partial charge in [-0.1, -0.05) is 20.8 Å². The fourth-order valence-corrected chi connectivity index (χ4v) is 8.54. The van der Waals surface area contributed by atoms with Crippen molar-refractivity contribution >= 4 is 11.8 Å². The fraction of sp³-hybridized carbons (Fsp3) is 0.917. The topological polar surface area (TPSA) is 74.6 Å². The van der Waals surface area contributed by atoms with Crippen LogP contribution in [-0.2, 0) is 9.59 Å². The average Bonchev–Trinajstić information content (AvgIpc) is 2.98. The molecule has 0 radical (unpaired) electrons. The van der Waals surface area contributed by atoms with Gasteiger partial charge in [0.25, 0.3) is 0 Å². The smallest absolute Gasteiger partial charge is 0.303 e. The highest BCUT2D eigenvalue weighted by Crippen LogP contribution is 2.68. The summed E-state index contributed by atoms with van der Waals surface area (Å²) in [6.45, 7) is 7.10. The number of carboxylic acids is 1. The van der Waals surface area contributed by atoms with Crippen LogP contribution in [0.4, 0.5) is 0 Å². The van der Waals surface area contributed by atoms with Crippen LogP contribution in [0, 0.1) is 46.3 Å². The normalized spacial score (nSPS) is 49.1. The summed E-state index contributed by atoms with van der Waals surface area (Å²) in [6, 6.07) is 0. The first-order valence-electron chi connectivity index (χ1n) is 11.6. The number of ketones is 1. The highest BCUT2D eigenvalue weighted by molar-refractivity contribution is 5.79. The average molecular weight is 391 g/mol. The predicted octanol–water partition coefficient (Wildman–Crippen LogP) is 4.69. The first-order chi connectivity index (χ1) is 13.2. The molecule has 0 amide bonds. The van der Waals surface area contributed by atoms with Crippen molar-refractivity contribution in [2.24, 2.45) is 46.3 Å². The first kappa shape index (κ1) is 20.4. The maximum atomic E-state index is 12.1. The van der Waals surface area contributed by atoms with E-state index >= 15 is 0 Å². The number of carbonyl (C=O) groups is 2. The third-order valence-electron chi connectivity index (χ3n) is 10.1. The number of rotatable bonds is 4. The van der Waals surface area contributed by atoms with Gasteiger partial charge in [-0.15, -0.1) is 0 Å². The lowest BCUT2D eigenvalue weighted by molar-refractivity contribution is -0.169. The second kappa shape index (κ2) is 7.11. The molecule has 4 saturated carbocycles. The van der Waals surface area contributed by atoms with Crippen LogP contribution in [0.5, 0.6) is 0 Å². The van der Waals surface area contributed by atoms with Crippen molar-refractivity contribution in [3.8, 4) is 0 Å². The lowest BCUT2D eigenvalue weighted by atomic mass is 9.44. The third-order valence-corrected chi connectivity index (χ3v) is 10.1. The Labute approximate surface area is 169 Å². The summed E-state index contributed by atoms with van der Waals surface area (Å²) in [6.07, 6.45) is 8.68. The monoisotopic (exact) mass is 390 g/mol. The Bertz CT molecular complexity index is 645. The second-order valence-electron chi connectivity index (χ2n) is 11.2. The lowest BCUT2D eigenvalue weighted by Gasteiger charge is -2.62. The second-order valence-corrected chi connectivity index (χ2v) is 11.2. The number of aliphatic hydroxyl groups excluding tert-OH is 1. The highest BCUT2D eigenvalue weighted by atomic mass is 16.4. The van der Waals surface area contributed by atoms with E-state index in [4.69, 9.17) is 5.11 Å². The van der Waals surface area contributed by atoms with Gasteiger partial charge in [0, 0.05) is 19.3 Å². The fourth-order valence-electron chi connectivity index (χ4n) is 8.54. The molecule has 0 spiro atoms. The standard InChI is InChI=1S/C24H38O4/c1-14(4-7-21(27)28)17-5-6-18-22-19(9-11-24(17,18)3)23(2)10-8-16(25)12-15(23)13-20(22)26/h14-15,17-20,22,26H,4-13H2,1-3H3,(H,27,28)/t14-,15+,17-,18+,19+,20-,22+,23+,24-/m1/s1. The summed E-state index contributed by atoms with van der Waals surface area (Å²) in [7, 11) is 0. The molecule has 28 heavy (non-hydrogen) atoms. The minimum atomic E-state index is -0.691. The van der Waals surface area contributed by atoms with Gasteiger partial charge < -0.3 is 10.2 Å². The summed E-state index contributed by atoms with van der Waals surface area (Å²) in [4.78, 5) is 23.1. The molecule has 4 aliphatic rings. The summed E-state index contributed by atoms with van der Waals surface area (Å²) in [5.74, 6) is 2.52. The molecule has 4 aliphatic carbocycles. The molecule has 0 aromatic carbocycles. The molecule has 9 atom stereocenters. The molecule has 0 saturated heterocycles. The zero-order valence-electron chi connectivity index (χ0n) is 17.8. The van der Waals surface area contributed by atoms with E-state index in [9.17, 15) is 14.7 Å². The van der Waals surface area contributed by atoms with Crippen molar-refractivity contribution in [2.75, 3.05) is 0 Å². The SMILES string of the molecule is C[C@H](CCC(=O)O)[C@H]1CC[C@H]2[C@@H]3[C@H](O)C[C@@H]4CC(=O)CC[C@]4(C)[C@H]3CC[C@]12C. The van der Waals surface area contributed by atoms with E-state index in [1.165, 1.54) is 19.3 Å². The molecule has 0 aromatic rings. The molecule has 0 aliphatic heterocycles. The number of hydrogen-bond donors (Lipinski definition) is 2. The van der Waals surface area contributed by atoms with Gasteiger partial charge in [0.1, 0.15) is 5.78 Å². The molecule has 4 nitrogen and oxygen atoms in total. The van der Waals surface area contributed by atoms with E-state index in [0.29, 0.717) is 47.7 Å². The molecule has 2 N–H and O–H groups in total. The molecule has 0 unspecified atom stereocenters. The number of Topliss-reactive ketones (excluding diaryl/α,β-unsaturated/α-hetero) is 1. The summed E-state index contributed by atoms with van der Waals surface area (Å²) >= 11 is 0. The van der Waals surface area contributed by atoms with Crippen LogP contribution >= 0.6 is 0 Å². The Morgan fingerprint density at radius 2 is 1.86 bits per heavy atom. The van der Waals surface area contributed by atoms with Gasteiger partial charge >= 0.3 is 5.97 Å². The van der Waals surface area contributed by atoms with Gasteiger partial charge in [-0.2, -0.15) is 0 Å². The van der Waals surface area contributed by atoms with E-state index in [1.807, 2.05) is 0 Å². The van der Waals surface area contributed by atoms with Crippen LogP contribution < -0.4 is 0 Å². The summed E-state index contributed by atoms with van der Waals surface area (Å²) < 4.78 is 0. The van der Waals surface area contributed by atoms with Crippen LogP contribution in [0.3, 0.4) is 0 Å². The van der Waals surface area contributed by atoms with E-state index in [0.717, 1.165) is 32.1 Å². The number of hydrogen-bond acceptors (Lipinski definition) is 3. The van der Waals surface area contributed by atoms with E-state index in [2.05, 4.69) is 20.8 Å². The molecular weight excluding hydrogens is 352 g/mol. The van der Waals surface area contributed by atoms with Gasteiger partial charge in [0.05, 0.1) is 6.10 Å². The first-order valence-corrected chi connectivity index (χ1v) is 11.6. The molecule has 0 heterocycles. The predicted molar refractivity (Wildman–Crippen MR) is 108 cm³/mol. The van der Waals surface area contributed by atoms with Gasteiger partial charge in [-0.3, -0.25) is 9.59 Å². The number of carbonyl (C=O) groups excluding carboxylic acids is 1. The molecule has 0 bridgehead atoms. The van der Waals surface area contributed by atoms with Gasteiger partial charge in [0.15, 0.2) is 0 Å². The Morgan fingerprint density at radius 3 is 2.57 bits per heavy atom. The third kappa shape index (κ3) is 3.05. The molecule has 0 aromatic heterocycles. The van der Waals surface area contributed by atoms with Crippen molar-refractivity contribution in [3.05, 3.63) is 0 Å². The number of fused-ring (bicyclic) bond motifs is 5. The van der Waals surface area contributed by atoms with Gasteiger partial charge in [-0.25, -0.2) is 0 Å². The van der Waals surface area contributed by atoms with Crippen LogP contribution in [-0.4, -0.2) is 28.1 Å². The number of carboxylic acid groups (broad SMARTS) is 1. The minimum Gasteiger partial charge on any atom is -0.481 e. The zero-order valence-corrected chi connectivity index (χ0v) is 17.8. The Balaban J connectivity index is 1.56. The molecule has 4 heteroatoms. The van der Waals surface area contributed by atoms with Crippen LogP contribution in [0.1, 0.15) is 85.0 Å². The minimum absolute atomic E-state index is 0.214. The zero-order chi connectivity index (χ0) is 20.3. The Morgan fingerprint density at radius 1 is 1.14 bits per heavy atom. The van der Waals surface area contributed by atoms with Crippen LogP contribution in [0.25, 0.3) is 0 Å². The Kier molecular flexibility index (Phi) is 5.17. The van der Waals surface area contributed by atoms with Crippen molar-refractivity contribution in [1.29, 1.82) is 0 Å². The number of aliphatic hydroxyl groups is 1. The summed E-state index contributed by atoms with van der Waals surface area (Å²) in [5.41, 5.74) is 0.444. The van der Waals surface area contributed by atoms with E-state index < -0.39 is 5.97 Å². The Hall–Kier alpha value is -0.900. The molecule has 158 valence electrons. The van der Waals surface area contributed by atoms with E-state index in [-0.39, 0.29) is 23.4 Å². The lowest BCUT2D eigenvalue weighted by Crippen LogP contribution is -2.58. The number of aliphatic carboxylic acids is 1. The molecule has 4 rings (SSSR count). The van der Waals surface area contributed by atoms with Crippen molar-refractivity contribution in [2.45, 2.75) is 91.1 Å².